The van der Waals surface area contributed by atoms with Crippen molar-refractivity contribution >= 4 is 5.71 Å². The Morgan fingerprint density at radius 1 is 1.13 bits per heavy atom. The molecule has 0 fully saturated rings. The molecule has 0 aliphatic heterocycles. The van der Waals surface area contributed by atoms with Gasteiger partial charge in [-0.2, -0.15) is 5.10 Å². The van der Waals surface area contributed by atoms with Gasteiger partial charge in [0.15, 0.2) is 0 Å². The number of hydrazone groups is 1. The Labute approximate surface area is 92.4 Å². The first-order valence-electron chi connectivity index (χ1n) is 5.27. The smallest absolute Gasteiger partial charge is 0.0741 e. The molecule has 15 heavy (non-hydrogen) atoms. The molecular formula is C13H20N2. The lowest BCUT2D eigenvalue weighted by molar-refractivity contribution is 0.417. The predicted molar refractivity (Wildman–Crippen MR) is 66.1 cm³/mol. The predicted octanol–water partition coefficient (Wildman–Crippen LogP) is 3.22. The third-order valence-corrected chi connectivity index (χ3v) is 2.33. The lowest BCUT2D eigenvalue weighted by Crippen LogP contribution is -2.33. The van der Waals surface area contributed by atoms with Gasteiger partial charge in [0.25, 0.3) is 0 Å². The molecule has 1 N–H and O–H groups in total. The molecule has 2 heteroatoms. The Hall–Kier alpha value is -1.31. The topological polar surface area (TPSA) is 24.4 Å². The Morgan fingerprint density at radius 2 is 1.67 bits per heavy atom. The molecule has 0 saturated heterocycles. The fourth-order valence-corrected chi connectivity index (χ4v) is 1.29. The Balaban J connectivity index is 2.85. The summed E-state index contributed by atoms with van der Waals surface area (Å²) in [5, 5.41) is 4.26. The third kappa shape index (κ3) is 3.39. The second kappa shape index (κ2) is 4.47. The van der Waals surface area contributed by atoms with Crippen LogP contribution in [0.25, 0.3) is 0 Å². The van der Waals surface area contributed by atoms with Crippen LogP contribution in [-0.2, 0) is 5.54 Å². The molecule has 1 rings (SSSR count). The van der Waals surface area contributed by atoms with E-state index in [1.165, 1.54) is 11.1 Å². The summed E-state index contributed by atoms with van der Waals surface area (Å²) in [5.74, 6) is 0. The Kier molecular flexibility index (Phi) is 3.51. The lowest BCUT2D eigenvalue weighted by atomic mass is 9.94. The molecule has 82 valence electrons. The minimum atomic E-state index is -0.120. The summed E-state index contributed by atoms with van der Waals surface area (Å²) >= 11 is 0. The number of hydrogen-bond donors (Lipinski definition) is 1. The third-order valence-electron chi connectivity index (χ3n) is 2.33. The minimum absolute atomic E-state index is 0.120. The molecular weight excluding hydrogens is 184 g/mol. The van der Waals surface area contributed by atoms with Crippen LogP contribution in [0.5, 0.6) is 0 Å². The summed E-state index contributed by atoms with van der Waals surface area (Å²) in [5.41, 5.74) is 6.63. The molecule has 0 unspecified atom stereocenters. The van der Waals surface area contributed by atoms with Crippen molar-refractivity contribution in [2.45, 2.75) is 40.2 Å². The van der Waals surface area contributed by atoms with Gasteiger partial charge in [-0.3, -0.25) is 0 Å². The molecule has 0 atom stereocenters. The number of nitrogens with one attached hydrogen (secondary N) is 1. The van der Waals surface area contributed by atoms with Crippen LogP contribution < -0.4 is 5.43 Å². The van der Waals surface area contributed by atoms with E-state index < -0.39 is 0 Å². The first kappa shape index (κ1) is 11.8. The zero-order chi connectivity index (χ0) is 11.5. The molecule has 0 saturated carbocycles. The van der Waals surface area contributed by atoms with Gasteiger partial charge in [0.2, 0.25) is 0 Å². The van der Waals surface area contributed by atoms with Gasteiger partial charge in [-0.25, -0.2) is 0 Å². The molecule has 0 aromatic heterocycles. The quantitative estimate of drug-likeness (QED) is 0.593. The molecule has 0 heterocycles. The number of rotatable bonds is 3. The minimum Gasteiger partial charge on any atom is -0.300 e. The van der Waals surface area contributed by atoms with Crippen molar-refractivity contribution in [2.75, 3.05) is 0 Å². The second-order valence-corrected chi connectivity index (χ2v) is 4.66. The molecule has 1 aromatic rings. The highest BCUT2D eigenvalue weighted by molar-refractivity contribution is 5.78. The van der Waals surface area contributed by atoms with E-state index in [0.717, 1.165) is 5.71 Å². The van der Waals surface area contributed by atoms with Crippen LogP contribution >= 0.6 is 0 Å². The van der Waals surface area contributed by atoms with Gasteiger partial charge >= 0.3 is 0 Å². The van der Waals surface area contributed by atoms with Crippen LogP contribution in [0.2, 0.25) is 0 Å². The highest BCUT2D eigenvalue weighted by Crippen LogP contribution is 2.20. The Bertz CT molecular complexity index is 343. The zero-order valence-electron chi connectivity index (χ0n) is 10.3. The van der Waals surface area contributed by atoms with Gasteiger partial charge in [-0.15, -0.1) is 0 Å². The van der Waals surface area contributed by atoms with Gasteiger partial charge in [-0.1, -0.05) is 29.8 Å². The maximum absolute atomic E-state index is 4.26. The maximum Gasteiger partial charge on any atom is 0.0741 e. The van der Waals surface area contributed by atoms with E-state index in [4.69, 9.17) is 0 Å². The van der Waals surface area contributed by atoms with Gasteiger partial charge in [0.05, 0.1) is 5.54 Å². The van der Waals surface area contributed by atoms with Crippen molar-refractivity contribution in [3.05, 3.63) is 35.4 Å². The van der Waals surface area contributed by atoms with E-state index in [1.54, 1.807) is 0 Å². The first-order chi connectivity index (χ1) is 6.92. The highest BCUT2D eigenvalue weighted by Gasteiger charge is 2.18. The number of nitrogens with zero attached hydrogens (tertiary/aromatic N) is 1. The number of hydrogen-bond acceptors (Lipinski definition) is 2. The van der Waals surface area contributed by atoms with Gasteiger partial charge < -0.3 is 5.43 Å². The molecule has 0 spiro atoms. The van der Waals surface area contributed by atoms with Crippen LogP contribution in [0.15, 0.2) is 29.4 Å². The average Bonchev–Trinajstić information content (AvgIpc) is 2.16. The van der Waals surface area contributed by atoms with E-state index in [-0.39, 0.29) is 5.54 Å². The van der Waals surface area contributed by atoms with Gasteiger partial charge in [0.1, 0.15) is 0 Å². The molecule has 0 aliphatic rings. The number of aryl methyl sites for hydroxylation is 1. The summed E-state index contributed by atoms with van der Waals surface area (Å²) in [4.78, 5) is 0. The van der Waals surface area contributed by atoms with Gasteiger partial charge in [0, 0.05) is 5.71 Å². The van der Waals surface area contributed by atoms with Crippen molar-refractivity contribution in [1.29, 1.82) is 0 Å². The van der Waals surface area contributed by atoms with Crippen LogP contribution in [-0.4, -0.2) is 5.71 Å². The molecule has 0 amide bonds. The highest BCUT2D eigenvalue weighted by atomic mass is 15.3. The maximum atomic E-state index is 4.26. The van der Waals surface area contributed by atoms with E-state index in [2.05, 4.69) is 55.6 Å². The summed E-state index contributed by atoms with van der Waals surface area (Å²) in [6.07, 6.45) is 0. The van der Waals surface area contributed by atoms with E-state index in [1.807, 2.05) is 13.8 Å². The van der Waals surface area contributed by atoms with Crippen molar-refractivity contribution in [3.63, 3.8) is 0 Å². The van der Waals surface area contributed by atoms with Crippen LogP contribution in [0.3, 0.4) is 0 Å². The van der Waals surface area contributed by atoms with Crippen molar-refractivity contribution < 1.29 is 0 Å². The summed E-state index contributed by atoms with van der Waals surface area (Å²) in [6.45, 7) is 10.3. The van der Waals surface area contributed by atoms with Crippen molar-refractivity contribution in [2.24, 2.45) is 5.10 Å². The molecule has 1 aromatic carbocycles. The van der Waals surface area contributed by atoms with Crippen LogP contribution in [0, 0.1) is 6.92 Å². The molecule has 0 aliphatic carbocycles. The SMILES string of the molecule is CC(C)=NNC(C)(C)c1ccc(C)cc1. The van der Waals surface area contributed by atoms with E-state index >= 15 is 0 Å². The summed E-state index contributed by atoms with van der Waals surface area (Å²) < 4.78 is 0. The Morgan fingerprint density at radius 3 is 2.13 bits per heavy atom. The van der Waals surface area contributed by atoms with E-state index in [0.29, 0.717) is 0 Å². The fraction of sp³-hybridized carbons (Fsp3) is 0.462. The normalized spacial score (nSPS) is 11.0. The van der Waals surface area contributed by atoms with Crippen molar-refractivity contribution in [3.8, 4) is 0 Å². The van der Waals surface area contributed by atoms with Gasteiger partial charge in [-0.05, 0) is 40.2 Å². The monoisotopic (exact) mass is 204 g/mol. The van der Waals surface area contributed by atoms with Crippen LogP contribution in [0.4, 0.5) is 0 Å². The fourth-order valence-electron chi connectivity index (χ4n) is 1.29. The summed E-state index contributed by atoms with van der Waals surface area (Å²) in [6, 6.07) is 8.54. The zero-order valence-corrected chi connectivity index (χ0v) is 10.3. The number of benzene rings is 1. The second-order valence-electron chi connectivity index (χ2n) is 4.66. The first-order valence-corrected chi connectivity index (χ1v) is 5.27. The van der Waals surface area contributed by atoms with E-state index in [9.17, 15) is 0 Å². The standard InChI is InChI=1S/C13H20N2/c1-10(2)14-15-13(4,5)12-8-6-11(3)7-9-12/h6-9,15H,1-5H3. The molecule has 0 radical (unpaired) electrons. The molecule has 2 nitrogen and oxygen atoms in total. The van der Waals surface area contributed by atoms with Crippen molar-refractivity contribution in [1.82, 2.24) is 5.43 Å². The molecule has 0 bridgehead atoms. The lowest BCUT2D eigenvalue weighted by Gasteiger charge is -2.25. The average molecular weight is 204 g/mol. The largest absolute Gasteiger partial charge is 0.300 e. The summed E-state index contributed by atoms with van der Waals surface area (Å²) in [7, 11) is 0. The van der Waals surface area contributed by atoms with Crippen LogP contribution in [0.1, 0.15) is 38.8 Å².